The first-order valence-electron chi connectivity index (χ1n) is 12.9. The van der Waals surface area contributed by atoms with Crippen molar-refractivity contribution in [3.8, 4) is 17.0 Å². The lowest BCUT2D eigenvalue weighted by Gasteiger charge is -2.34. The zero-order valence-corrected chi connectivity index (χ0v) is 23.9. The zero-order valence-electron chi connectivity index (χ0n) is 23.0. The van der Waals surface area contributed by atoms with Crippen LogP contribution in [0, 0.1) is 23.5 Å². The fraction of sp³-hybridized carbons (Fsp3) is 0.393. The maximum atomic E-state index is 15.6. The monoisotopic (exact) mass is 575 g/mol. The fourth-order valence-electron chi connectivity index (χ4n) is 4.87. The van der Waals surface area contributed by atoms with Gasteiger partial charge in [-0.05, 0) is 62.4 Å². The average Bonchev–Trinajstić information content (AvgIpc) is 3.13. The number of nitrogens with zero attached hydrogens (tertiary/aromatic N) is 3. The molecule has 3 N–H and O–H groups in total. The number of rotatable bonds is 8. The molecule has 1 saturated heterocycles. The standard InChI is InChI=1S/C28H33F2N5O4S.H2/c1-16(2)15-39-20-10-18(9-19(29)11-20)25-22(30)12-21(26(33-25)35-14-17(3)13-28(35,4)5)27(36)34-40(37,38)24-8-6-7-23(31)32-24;/h6-12,16-17H,13-15H2,1-5H3,(H2,31,32)(H,34,36);1H/t17-;/m0./s1. The van der Waals surface area contributed by atoms with E-state index in [9.17, 15) is 17.6 Å². The highest BCUT2D eigenvalue weighted by molar-refractivity contribution is 7.90. The van der Waals surface area contributed by atoms with Crippen LogP contribution in [0.1, 0.15) is 52.8 Å². The number of hydrogen-bond donors (Lipinski definition) is 2. The molecule has 1 aromatic carbocycles. The van der Waals surface area contributed by atoms with Gasteiger partial charge in [-0.1, -0.05) is 26.8 Å². The molecule has 3 heterocycles. The molecule has 1 aliphatic rings. The number of sulfonamides is 1. The van der Waals surface area contributed by atoms with Crippen molar-refractivity contribution in [2.45, 2.75) is 51.6 Å². The van der Waals surface area contributed by atoms with E-state index in [-0.39, 0.29) is 47.5 Å². The van der Waals surface area contributed by atoms with E-state index in [1.165, 1.54) is 30.3 Å². The number of nitrogens with two attached hydrogens (primary N) is 1. The molecule has 40 heavy (non-hydrogen) atoms. The molecule has 1 fully saturated rings. The Hall–Kier alpha value is -3.80. The predicted molar refractivity (Wildman–Crippen MR) is 151 cm³/mol. The van der Waals surface area contributed by atoms with Crippen LogP contribution < -0.4 is 20.1 Å². The summed E-state index contributed by atoms with van der Waals surface area (Å²) in [6.07, 6.45) is 0.751. The Labute approximate surface area is 234 Å². The molecule has 0 unspecified atom stereocenters. The van der Waals surface area contributed by atoms with Crippen molar-refractivity contribution in [3.63, 3.8) is 0 Å². The Bertz CT molecular complexity index is 1550. The van der Waals surface area contributed by atoms with Crippen LogP contribution in [-0.4, -0.2) is 43.0 Å². The van der Waals surface area contributed by atoms with E-state index in [0.717, 1.165) is 18.6 Å². The Morgan fingerprint density at radius 2 is 1.95 bits per heavy atom. The number of hydrogen-bond acceptors (Lipinski definition) is 8. The van der Waals surface area contributed by atoms with E-state index in [1.54, 1.807) is 0 Å². The van der Waals surface area contributed by atoms with E-state index in [2.05, 4.69) is 9.97 Å². The van der Waals surface area contributed by atoms with E-state index in [4.69, 9.17) is 10.5 Å². The molecule has 3 aromatic rings. The van der Waals surface area contributed by atoms with E-state index in [0.29, 0.717) is 13.2 Å². The highest BCUT2D eigenvalue weighted by Gasteiger charge is 2.40. The van der Waals surface area contributed by atoms with Gasteiger partial charge in [0.2, 0.25) is 0 Å². The largest absolute Gasteiger partial charge is 0.493 e. The van der Waals surface area contributed by atoms with Crippen molar-refractivity contribution in [1.29, 1.82) is 0 Å². The molecule has 1 aliphatic heterocycles. The van der Waals surface area contributed by atoms with Crippen LogP contribution in [-0.2, 0) is 10.0 Å². The third kappa shape index (κ3) is 6.33. The Kier molecular flexibility index (Phi) is 8.02. The second kappa shape index (κ2) is 11.0. The molecule has 0 bridgehead atoms. The van der Waals surface area contributed by atoms with Crippen molar-refractivity contribution in [1.82, 2.24) is 14.7 Å². The van der Waals surface area contributed by atoms with Crippen molar-refractivity contribution >= 4 is 27.6 Å². The summed E-state index contributed by atoms with van der Waals surface area (Å²) in [5, 5.41) is -0.462. The third-order valence-electron chi connectivity index (χ3n) is 6.50. The first-order chi connectivity index (χ1) is 18.7. The summed E-state index contributed by atoms with van der Waals surface area (Å²) in [6.45, 7) is 10.7. The Balaban J connectivity index is 0.00000462. The van der Waals surface area contributed by atoms with Crippen molar-refractivity contribution in [3.05, 3.63) is 59.7 Å². The fourth-order valence-corrected chi connectivity index (χ4v) is 5.81. The number of anilines is 2. The minimum Gasteiger partial charge on any atom is -0.493 e. The summed E-state index contributed by atoms with van der Waals surface area (Å²) in [4.78, 5) is 23.5. The molecule has 4 rings (SSSR count). The third-order valence-corrected chi connectivity index (χ3v) is 7.74. The number of halogens is 2. The molecule has 9 nitrogen and oxygen atoms in total. The Morgan fingerprint density at radius 3 is 2.58 bits per heavy atom. The molecule has 216 valence electrons. The van der Waals surface area contributed by atoms with Gasteiger partial charge in [0.25, 0.3) is 15.9 Å². The molecule has 0 radical (unpaired) electrons. The number of nitrogen functional groups attached to an aromatic ring is 1. The number of carbonyl (C=O) groups is 1. The van der Waals surface area contributed by atoms with Crippen molar-refractivity contribution in [2.24, 2.45) is 11.8 Å². The van der Waals surface area contributed by atoms with E-state index in [1.807, 2.05) is 44.2 Å². The van der Waals surface area contributed by atoms with Gasteiger partial charge in [-0.15, -0.1) is 0 Å². The van der Waals surface area contributed by atoms with Crippen LogP contribution in [0.25, 0.3) is 11.3 Å². The maximum Gasteiger partial charge on any atom is 0.281 e. The van der Waals surface area contributed by atoms with Gasteiger partial charge in [-0.3, -0.25) is 4.79 Å². The minimum absolute atomic E-state index is 0. The quantitative estimate of drug-likeness (QED) is 0.383. The number of carbonyl (C=O) groups excluding carboxylic acids is 1. The number of amides is 1. The number of benzene rings is 1. The van der Waals surface area contributed by atoms with Crippen LogP contribution >= 0.6 is 0 Å². The summed E-state index contributed by atoms with van der Waals surface area (Å²) in [5.41, 5.74) is 4.75. The lowest BCUT2D eigenvalue weighted by atomic mass is 9.97. The SMILES string of the molecule is CC(C)COc1cc(F)cc(-c2nc(N3C[C@@H](C)CC3(C)C)c(C(=O)NS(=O)(=O)c3cccc(N)n3)cc2F)c1.[HH]. The average molecular weight is 576 g/mol. The molecular weight excluding hydrogens is 540 g/mol. The number of aromatic nitrogens is 2. The smallest absolute Gasteiger partial charge is 0.281 e. The van der Waals surface area contributed by atoms with Crippen molar-refractivity contribution < 1.29 is 28.2 Å². The molecule has 2 aromatic heterocycles. The number of ether oxygens (including phenoxy) is 1. The lowest BCUT2D eigenvalue weighted by Crippen LogP contribution is -2.41. The first kappa shape index (κ1) is 29.2. The van der Waals surface area contributed by atoms with Crippen LogP contribution in [0.3, 0.4) is 0 Å². The van der Waals surface area contributed by atoms with Gasteiger partial charge < -0.3 is 15.4 Å². The van der Waals surface area contributed by atoms with Gasteiger partial charge in [-0.2, -0.15) is 8.42 Å². The highest BCUT2D eigenvalue weighted by Crippen LogP contribution is 2.39. The molecule has 0 aliphatic carbocycles. The highest BCUT2D eigenvalue weighted by atomic mass is 32.2. The topological polar surface area (TPSA) is 128 Å². The second-order valence-electron chi connectivity index (χ2n) is 11.1. The summed E-state index contributed by atoms with van der Waals surface area (Å²) in [5.74, 6) is -2.02. The number of pyridine rings is 2. The first-order valence-corrected chi connectivity index (χ1v) is 14.4. The number of nitrogens with one attached hydrogen (secondary N) is 1. The van der Waals surface area contributed by atoms with Crippen molar-refractivity contribution in [2.75, 3.05) is 23.8 Å². The molecular formula is C28H35F2N5O4S. The van der Waals surface area contributed by atoms with Gasteiger partial charge >= 0.3 is 0 Å². The minimum atomic E-state index is -4.44. The maximum absolute atomic E-state index is 15.6. The molecule has 0 saturated carbocycles. The second-order valence-corrected chi connectivity index (χ2v) is 12.8. The van der Waals surface area contributed by atoms with Gasteiger partial charge in [0.15, 0.2) is 5.03 Å². The van der Waals surface area contributed by atoms with Gasteiger partial charge in [-0.25, -0.2) is 23.5 Å². The molecule has 1 amide bonds. The summed E-state index contributed by atoms with van der Waals surface area (Å²) in [6, 6.07) is 8.71. The Morgan fingerprint density at radius 1 is 1.23 bits per heavy atom. The van der Waals surface area contributed by atoms with E-state index < -0.39 is 38.1 Å². The summed E-state index contributed by atoms with van der Waals surface area (Å²) < 4.78 is 63.6. The van der Waals surface area contributed by atoms with Gasteiger partial charge in [0.05, 0.1) is 12.2 Å². The van der Waals surface area contributed by atoms with Crippen LogP contribution in [0.4, 0.5) is 20.4 Å². The van der Waals surface area contributed by atoms with Gasteiger partial charge in [0, 0.05) is 25.1 Å². The van der Waals surface area contributed by atoms with E-state index >= 15 is 4.39 Å². The molecule has 12 heteroatoms. The van der Waals surface area contributed by atoms with Crippen LogP contribution in [0.5, 0.6) is 5.75 Å². The zero-order chi connectivity index (χ0) is 29.4. The normalized spacial score (nSPS) is 16.8. The predicted octanol–water partition coefficient (Wildman–Crippen LogP) is 5.03. The van der Waals surface area contributed by atoms with Crippen LogP contribution in [0.15, 0.2) is 47.5 Å². The lowest BCUT2D eigenvalue weighted by molar-refractivity contribution is 0.0981. The molecule has 0 spiro atoms. The summed E-state index contributed by atoms with van der Waals surface area (Å²) >= 11 is 0. The summed E-state index contributed by atoms with van der Waals surface area (Å²) in [7, 11) is -4.44. The van der Waals surface area contributed by atoms with Gasteiger partial charge in [0.1, 0.15) is 34.7 Å². The van der Waals surface area contributed by atoms with Crippen LogP contribution in [0.2, 0.25) is 0 Å². The molecule has 1 atom stereocenters.